The molecule has 0 spiro atoms. The van der Waals surface area contributed by atoms with Crippen molar-refractivity contribution in [1.29, 1.82) is 0 Å². The Bertz CT molecular complexity index is 1270. The normalized spacial score (nSPS) is 25.8. The molecule has 7 atom stereocenters. The van der Waals surface area contributed by atoms with Crippen LogP contribution in [-0.2, 0) is 19.1 Å². The predicted molar refractivity (Wildman–Crippen MR) is 170 cm³/mol. The summed E-state index contributed by atoms with van der Waals surface area (Å²) in [6, 6.07) is -0.217. The van der Waals surface area contributed by atoms with Crippen molar-refractivity contribution in [2.45, 2.75) is 147 Å². The summed E-state index contributed by atoms with van der Waals surface area (Å²) in [5.74, 6) is -1.08. The molecule has 0 saturated carbocycles. The Morgan fingerprint density at radius 1 is 0.935 bits per heavy atom. The highest BCUT2D eigenvalue weighted by molar-refractivity contribution is 5.88. The fraction of sp³-hybridized carbons (Fsp3) is 0.806. The number of carbonyl (C=O) groups excluding carboxylic acids is 2. The monoisotopic (exact) mass is 649 g/mol. The molecule has 2 fully saturated rings. The first-order valence-electron chi connectivity index (χ1n) is 16.8. The number of aromatic amines is 1. The second kappa shape index (κ2) is 19.4. The Morgan fingerprint density at radius 3 is 2.07 bits per heavy atom. The molecular weight excluding hydrogens is 598 g/mol. The van der Waals surface area contributed by atoms with E-state index in [1.165, 1.54) is 71.1 Å². The lowest BCUT2D eigenvalue weighted by molar-refractivity contribution is -0.140. The van der Waals surface area contributed by atoms with E-state index in [4.69, 9.17) is 15.0 Å². The van der Waals surface area contributed by atoms with Gasteiger partial charge in [-0.15, -0.1) is 0 Å². The molecule has 15 heteroatoms. The minimum Gasteiger partial charge on any atom is -0.387 e. The van der Waals surface area contributed by atoms with Crippen LogP contribution in [0, 0.1) is 0 Å². The van der Waals surface area contributed by atoms with E-state index < -0.39 is 66.0 Å². The molecule has 4 N–H and O–H groups in total. The number of aliphatic hydroxyl groups excluding tert-OH is 2. The Kier molecular flexibility index (Phi) is 15.7. The van der Waals surface area contributed by atoms with Gasteiger partial charge in [-0.1, -0.05) is 95.5 Å². The third-order valence-electron chi connectivity index (χ3n) is 8.72. The minimum absolute atomic E-state index is 0.302. The first-order chi connectivity index (χ1) is 22.2. The summed E-state index contributed by atoms with van der Waals surface area (Å²) in [5, 5.41) is 28.1. The largest absolute Gasteiger partial charge is 0.387 e. The summed E-state index contributed by atoms with van der Waals surface area (Å²) in [5.41, 5.74) is 7.33. The van der Waals surface area contributed by atoms with Crippen LogP contribution in [0.15, 0.2) is 27.0 Å². The number of amides is 2. The number of rotatable bonds is 20. The van der Waals surface area contributed by atoms with Gasteiger partial charge < -0.3 is 29.9 Å². The van der Waals surface area contributed by atoms with E-state index in [9.17, 15) is 29.4 Å². The van der Waals surface area contributed by atoms with Crippen LogP contribution >= 0.6 is 0 Å². The number of aromatic nitrogens is 2. The van der Waals surface area contributed by atoms with Gasteiger partial charge in [0.2, 0.25) is 11.8 Å². The van der Waals surface area contributed by atoms with Crippen molar-refractivity contribution in [2.24, 2.45) is 5.11 Å². The van der Waals surface area contributed by atoms with Crippen molar-refractivity contribution in [3.05, 3.63) is 43.5 Å². The highest BCUT2D eigenvalue weighted by Crippen LogP contribution is 2.37. The predicted octanol–water partition coefficient (Wildman–Crippen LogP) is 3.01. The van der Waals surface area contributed by atoms with E-state index >= 15 is 0 Å². The lowest BCUT2D eigenvalue weighted by Crippen LogP contribution is -2.55. The SMILES string of the molecule is CCCCCCCCCCCCCCCCNC(=O)[C@@H]1[C@@H]([C@H]2O[C@@H](n3ccc(=O)[nH]c3=O)[C@H](O)[C@@H]2O)O[C@H](CN=[N+]=[N-])N1C(C)=O. The van der Waals surface area contributed by atoms with Crippen molar-refractivity contribution in [3.63, 3.8) is 0 Å². The molecule has 2 saturated heterocycles. The fourth-order valence-corrected chi connectivity index (χ4v) is 6.28. The van der Waals surface area contributed by atoms with E-state index in [1.807, 2.05) is 0 Å². The number of azide groups is 1. The molecular formula is C31H51N7O8. The third-order valence-corrected chi connectivity index (χ3v) is 8.72. The maximum atomic E-state index is 13.5. The molecule has 3 heterocycles. The Morgan fingerprint density at radius 2 is 1.52 bits per heavy atom. The summed E-state index contributed by atoms with van der Waals surface area (Å²) in [7, 11) is 0. The Labute approximate surface area is 269 Å². The molecule has 2 aliphatic heterocycles. The van der Waals surface area contributed by atoms with Crippen LogP contribution in [0.25, 0.3) is 10.4 Å². The molecule has 15 nitrogen and oxygen atoms in total. The number of nitrogens with one attached hydrogen (secondary N) is 2. The molecule has 258 valence electrons. The van der Waals surface area contributed by atoms with Gasteiger partial charge >= 0.3 is 5.69 Å². The molecule has 0 bridgehead atoms. The highest BCUT2D eigenvalue weighted by Gasteiger charge is 2.57. The molecule has 46 heavy (non-hydrogen) atoms. The fourth-order valence-electron chi connectivity index (χ4n) is 6.28. The van der Waals surface area contributed by atoms with E-state index in [-0.39, 0.29) is 6.54 Å². The van der Waals surface area contributed by atoms with Crippen LogP contribution in [0.1, 0.15) is 110 Å². The van der Waals surface area contributed by atoms with Crippen LogP contribution in [0.4, 0.5) is 0 Å². The second-order valence-corrected chi connectivity index (χ2v) is 12.2. The molecule has 0 radical (unpaired) electrons. The number of hydrogen-bond donors (Lipinski definition) is 4. The van der Waals surface area contributed by atoms with Gasteiger partial charge in [0.25, 0.3) is 5.56 Å². The first kappa shape index (κ1) is 37.2. The second-order valence-electron chi connectivity index (χ2n) is 12.2. The van der Waals surface area contributed by atoms with Gasteiger partial charge in [-0.05, 0) is 12.0 Å². The number of H-pyrrole nitrogens is 1. The number of unbranched alkanes of at least 4 members (excludes halogenated alkanes) is 13. The van der Waals surface area contributed by atoms with Gasteiger partial charge in [-0.2, -0.15) is 0 Å². The first-order valence-corrected chi connectivity index (χ1v) is 16.8. The molecule has 0 unspecified atom stereocenters. The molecule has 0 aliphatic carbocycles. The lowest BCUT2D eigenvalue weighted by atomic mass is 9.98. The van der Waals surface area contributed by atoms with Gasteiger partial charge in [0, 0.05) is 30.6 Å². The van der Waals surface area contributed by atoms with Crippen molar-refractivity contribution >= 4 is 11.8 Å². The van der Waals surface area contributed by atoms with E-state index in [0.29, 0.717) is 6.54 Å². The number of carbonyl (C=O) groups is 2. The van der Waals surface area contributed by atoms with Crippen LogP contribution in [0.2, 0.25) is 0 Å². The van der Waals surface area contributed by atoms with Gasteiger partial charge in [0.05, 0.1) is 6.54 Å². The Hall–Kier alpha value is -3.23. The van der Waals surface area contributed by atoms with Crippen molar-refractivity contribution in [2.75, 3.05) is 13.1 Å². The van der Waals surface area contributed by atoms with Gasteiger partial charge in [0.1, 0.15) is 36.7 Å². The smallest absolute Gasteiger partial charge is 0.330 e. The molecule has 0 aromatic carbocycles. The van der Waals surface area contributed by atoms with Gasteiger partial charge in [-0.3, -0.25) is 23.9 Å². The average Bonchev–Trinajstić information content (AvgIpc) is 3.55. The van der Waals surface area contributed by atoms with E-state index in [0.717, 1.165) is 47.4 Å². The maximum Gasteiger partial charge on any atom is 0.330 e. The maximum absolute atomic E-state index is 13.5. The van der Waals surface area contributed by atoms with Gasteiger partial charge in [0.15, 0.2) is 6.23 Å². The molecule has 1 aromatic heterocycles. The molecule has 2 amide bonds. The summed E-state index contributed by atoms with van der Waals surface area (Å²) in [6.07, 6.45) is 9.59. The van der Waals surface area contributed by atoms with Crippen molar-refractivity contribution < 1.29 is 29.3 Å². The average molecular weight is 650 g/mol. The zero-order valence-corrected chi connectivity index (χ0v) is 27.1. The number of nitrogens with zero attached hydrogens (tertiary/aromatic N) is 5. The van der Waals surface area contributed by atoms with Crippen LogP contribution in [-0.4, -0.2) is 86.3 Å². The molecule has 3 rings (SSSR count). The summed E-state index contributed by atoms with van der Waals surface area (Å²) in [4.78, 5) is 56.0. The Balaban J connectivity index is 1.53. The van der Waals surface area contributed by atoms with Gasteiger partial charge in [-0.25, -0.2) is 4.79 Å². The highest BCUT2D eigenvalue weighted by atomic mass is 16.6. The lowest BCUT2D eigenvalue weighted by Gasteiger charge is -2.29. The quantitative estimate of drug-likeness (QED) is 0.0712. The summed E-state index contributed by atoms with van der Waals surface area (Å²) < 4.78 is 12.7. The number of aliphatic hydroxyl groups is 2. The van der Waals surface area contributed by atoms with Crippen molar-refractivity contribution in [3.8, 4) is 0 Å². The van der Waals surface area contributed by atoms with Crippen LogP contribution in [0.5, 0.6) is 0 Å². The summed E-state index contributed by atoms with van der Waals surface area (Å²) in [6.45, 7) is 3.54. The van der Waals surface area contributed by atoms with Crippen molar-refractivity contribution in [1.82, 2.24) is 19.8 Å². The van der Waals surface area contributed by atoms with Crippen LogP contribution in [0.3, 0.4) is 0 Å². The number of ether oxygens (including phenoxy) is 2. The molecule has 1 aromatic rings. The standard InChI is InChI=1S/C31H51N7O8/c1-3-4-5-6-7-8-9-10-11-12-13-14-15-16-18-33-29(43)24-27(45-23(20-34-36-32)38(24)21(2)39)28-25(41)26(42)30(46-28)37-19-17-22(40)35-31(37)44/h17,19,23-28,30,41-42H,3-16,18,20H2,1-2H3,(H,33,43)(H,35,40,44)/t23-,24+,25+,26-,27+,28+,30-/m1/s1. The van der Waals surface area contributed by atoms with Crippen LogP contribution < -0.4 is 16.6 Å². The van der Waals surface area contributed by atoms with E-state index in [2.05, 4.69) is 27.3 Å². The topological polar surface area (TPSA) is 212 Å². The minimum atomic E-state index is -1.63. The number of hydrogen-bond acceptors (Lipinski definition) is 9. The summed E-state index contributed by atoms with van der Waals surface area (Å²) >= 11 is 0. The zero-order chi connectivity index (χ0) is 33.5. The van der Waals surface area contributed by atoms with E-state index in [1.54, 1.807) is 0 Å². The molecule has 2 aliphatic rings. The third kappa shape index (κ3) is 10.4. The zero-order valence-electron chi connectivity index (χ0n) is 27.1.